The van der Waals surface area contributed by atoms with Crippen molar-refractivity contribution in [3.8, 4) is 11.4 Å². The summed E-state index contributed by atoms with van der Waals surface area (Å²) in [6.45, 7) is -1.05. The van der Waals surface area contributed by atoms with Crippen LogP contribution >= 0.6 is 0 Å². The maximum absolute atomic E-state index is 12.7. The van der Waals surface area contributed by atoms with Gasteiger partial charge in [0.1, 0.15) is 0 Å². The van der Waals surface area contributed by atoms with E-state index in [4.69, 9.17) is 4.74 Å². The molecule has 0 spiro atoms. The Morgan fingerprint density at radius 3 is 2.55 bits per heavy atom. The Morgan fingerprint density at radius 2 is 1.83 bits per heavy atom. The molecule has 1 N–H and O–H groups in total. The van der Waals surface area contributed by atoms with Gasteiger partial charge in [0.2, 0.25) is 5.82 Å². The number of anilines is 1. The van der Waals surface area contributed by atoms with Crippen LogP contribution in [0.2, 0.25) is 0 Å². The molecule has 0 aliphatic carbocycles. The standard InChI is InChI=1S/C18H14F3N5O3/c19-18(20,21)13-7-4-8-14(9-13)22-15(27)11-29-16(28)10-26-24-17(23-25-26)12-5-2-1-3-6-12/h1-9H,10-11H2,(H,22,27). The fraction of sp³-hybridized carbons (Fsp3) is 0.167. The number of aromatic nitrogens is 4. The quantitative estimate of drug-likeness (QED) is 0.633. The van der Waals surface area contributed by atoms with Gasteiger partial charge in [-0.1, -0.05) is 36.4 Å². The van der Waals surface area contributed by atoms with Crippen LogP contribution in [-0.4, -0.2) is 38.7 Å². The Morgan fingerprint density at radius 1 is 1.07 bits per heavy atom. The summed E-state index contributed by atoms with van der Waals surface area (Å²) in [5.74, 6) is -1.27. The average Bonchev–Trinajstić information content (AvgIpc) is 3.15. The maximum atomic E-state index is 12.7. The number of rotatable bonds is 6. The molecule has 29 heavy (non-hydrogen) atoms. The molecule has 0 radical (unpaired) electrons. The van der Waals surface area contributed by atoms with Crippen LogP contribution in [0.15, 0.2) is 54.6 Å². The number of hydrogen-bond donors (Lipinski definition) is 1. The minimum atomic E-state index is -4.53. The van der Waals surface area contributed by atoms with Gasteiger partial charge >= 0.3 is 12.1 Å². The highest BCUT2D eigenvalue weighted by Gasteiger charge is 2.30. The van der Waals surface area contributed by atoms with Gasteiger partial charge in [-0.15, -0.1) is 10.2 Å². The second kappa shape index (κ2) is 8.50. The highest BCUT2D eigenvalue weighted by atomic mass is 19.4. The number of tetrazole rings is 1. The molecule has 8 nitrogen and oxygen atoms in total. The SMILES string of the molecule is O=C(COC(=O)Cn1nnc(-c2ccccc2)n1)Nc1cccc(C(F)(F)F)c1. The first-order chi connectivity index (χ1) is 13.8. The summed E-state index contributed by atoms with van der Waals surface area (Å²) >= 11 is 0. The zero-order valence-corrected chi connectivity index (χ0v) is 14.8. The van der Waals surface area contributed by atoms with Crippen molar-refractivity contribution in [2.45, 2.75) is 12.7 Å². The van der Waals surface area contributed by atoms with Gasteiger partial charge in [0.05, 0.1) is 5.56 Å². The number of hydrogen-bond acceptors (Lipinski definition) is 6. The molecule has 0 aliphatic heterocycles. The Kier molecular flexibility index (Phi) is 5.86. The van der Waals surface area contributed by atoms with Crippen molar-refractivity contribution in [1.29, 1.82) is 0 Å². The normalized spacial score (nSPS) is 11.1. The van der Waals surface area contributed by atoms with Crippen LogP contribution in [0.3, 0.4) is 0 Å². The van der Waals surface area contributed by atoms with Gasteiger partial charge in [0.25, 0.3) is 5.91 Å². The number of carbonyl (C=O) groups excluding carboxylic acids is 2. The fourth-order valence-electron chi connectivity index (χ4n) is 2.29. The van der Waals surface area contributed by atoms with Crippen LogP contribution in [0, 0.1) is 0 Å². The number of halogens is 3. The molecule has 1 aromatic heterocycles. The van der Waals surface area contributed by atoms with E-state index in [1.54, 1.807) is 24.3 Å². The summed E-state index contributed by atoms with van der Waals surface area (Å²) in [5.41, 5.74) is -0.252. The summed E-state index contributed by atoms with van der Waals surface area (Å²) < 4.78 is 42.8. The highest BCUT2D eigenvalue weighted by Crippen LogP contribution is 2.30. The van der Waals surface area contributed by atoms with Gasteiger partial charge in [-0.3, -0.25) is 4.79 Å². The molecule has 0 bridgehead atoms. The molecule has 3 aromatic rings. The van der Waals surface area contributed by atoms with E-state index in [1.165, 1.54) is 6.07 Å². The monoisotopic (exact) mass is 405 g/mol. The summed E-state index contributed by atoms with van der Waals surface area (Å²) in [4.78, 5) is 24.6. The predicted octanol–water partition coefficient (Wildman–Crippen LogP) is 2.54. The van der Waals surface area contributed by atoms with Gasteiger partial charge < -0.3 is 10.1 Å². The van der Waals surface area contributed by atoms with Crippen molar-refractivity contribution < 1.29 is 27.5 Å². The number of carbonyl (C=O) groups is 2. The fourth-order valence-corrected chi connectivity index (χ4v) is 2.29. The van der Waals surface area contributed by atoms with Gasteiger partial charge in [-0.2, -0.15) is 18.0 Å². The summed E-state index contributed by atoms with van der Waals surface area (Å²) in [5, 5.41) is 13.8. The van der Waals surface area contributed by atoms with Gasteiger partial charge in [-0.25, -0.2) is 4.79 Å². The first-order valence-corrected chi connectivity index (χ1v) is 8.27. The largest absolute Gasteiger partial charge is 0.454 e. The zero-order chi connectivity index (χ0) is 20.9. The number of nitrogens with one attached hydrogen (secondary N) is 1. The molecule has 0 saturated carbocycles. The first-order valence-electron chi connectivity index (χ1n) is 8.27. The van der Waals surface area contributed by atoms with Gasteiger partial charge in [0.15, 0.2) is 13.2 Å². The van der Waals surface area contributed by atoms with E-state index in [0.29, 0.717) is 11.4 Å². The van der Waals surface area contributed by atoms with E-state index in [0.717, 1.165) is 23.0 Å². The molecule has 0 atom stereocenters. The minimum absolute atomic E-state index is 0.0636. The van der Waals surface area contributed by atoms with E-state index >= 15 is 0 Å². The van der Waals surface area contributed by atoms with Crippen molar-refractivity contribution in [3.63, 3.8) is 0 Å². The summed E-state index contributed by atoms with van der Waals surface area (Å²) in [7, 11) is 0. The number of amides is 1. The van der Waals surface area contributed by atoms with Crippen molar-refractivity contribution in [2.75, 3.05) is 11.9 Å². The smallest absolute Gasteiger partial charge is 0.416 e. The first kappa shape index (κ1) is 20.0. The lowest BCUT2D eigenvalue weighted by molar-refractivity contribution is -0.148. The maximum Gasteiger partial charge on any atom is 0.416 e. The van der Waals surface area contributed by atoms with Crippen LogP contribution in [0.4, 0.5) is 18.9 Å². The third kappa shape index (κ3) is 5.61. The van der Waals surface area contributed by atoms with Crippen molar-refractivity contribution >= 4 is 17.6 Å². The summed E-state index contributed by atoms with van der Waals surface area (Å²) in [6.07, 6.45) is -4.53. The van der Waals surface area contributed by atoms with Crippen molar-refractivity contribution in [2.24, 2.45) is 0 Å². The molecule has 1 amide bonds. The molecular weight excluding hydrogens is 391 g/mol. The van der Waals surface area contributed by atoms with Crippen molar-refractivity contribution in [1.82, 2.24) is 20.2 Å². The molecule has 1 heterocycles. The van der Waals surface area contributed by atoms with Gasteiger partial charge in [-0.05, 0) is 23.4 Å². The number of ether oxygens (including phenoxy) is 1. The number of benzene rings is 2. The van der Waals surface area contributed by atoms with Crippen LogP contribution in [0.25, 0.3) is 11.4 Å². The zero-order valence-electron chi connectivity index (χ0n) is 14.8. The molecule has 11 heteroatoms. The van der Waals surface area contributed by atoms with Crippen LogP contribution in [0.5, 0.6) is 0 Å². The molecule has 2 aromatic carbocycles. The number of alkyl halides is 3. The van der Waals surface area contributed by atoms with Crippen LogP contribution < -0.4 is 5.32 Å². The Labute approximate surface area is 162 Å². The molecule has 0 aliphatic rings. The van der Waals surface area contributed by atoms with E-state index in [2.05, 4.69) is 20.7 Å². The molecule has 0 fully saturated rings. The molecule has 3 rings (SSSR count). The van der Waals surface area contributed by atoms with E-state index in [-0.39, 0.29) is 12.2 Å². The lowest BCUT2D eigenvalue weighted by Crippen LogP contribution is -2.23. The molecular formula is C18H14F3N5O3. The molecule has 0 unspecified atom stereocenters. The third-order valence-corrected chi connectivity index (χ3v) is 3.59. The lowest BCUT2D eigenvalue weighted by Gasteiger charge is -2.10. The molecule has 150 valence electrons. The van der Waals surface area contributed by atoms with Crippen LogP contribution in [0.1, 0.15) is 5.56 Å². The van der Waals surface area contributed by atoms with Crippen LogP contribution in [-0.2, 0) is 27.0 Å². The highest BCUT2D eigenvalue weighted by molar-refractivity contribution is 5.92. The Hall–Kier alpha value is -3.76. The Balaban J connectivity index is 1.50. The Bertz CT molecular complexity index is 1010. The number of nitrogens with zero attached hydrogens (tertiary/aromatic N) is 4. The minimum Gasteiger partial charge on any atom is -0.454 e. The van der Waals surface area contributed by atoms with Crippen molar-refractivity contribution in [3.05, 3.63) is 60.2 Å². The molecule has 0 saturated heterocycles. The predicted molar refractivity (Wildman–Crippen MR) is 94.3 cm³/mol. The average molecular weight is 405 g/mol. The topological polar surface area (TPSA) is 99.0 Å². The summed E-state index contributed by atoms with van der Waals surface area (Å²) in [6, 6.07) is 13.1. The number of esters is 1. The second-order valence-corrected chi connectivity index (χ2v) is 5.80. The van der Waals surface area contributed by atoms with Gasteiger partial charge in [0, 0.05) is 11.3 Å². The van der Waals surface area contributed by atoms with E-state index in [1.807, 2.05) is 6.07 Å². The second-order valence-electron chi connectivity index (χ2n) is 5.80. The third-order valence-electron chi connectivity index (χ3n) is 3.59. The van der Waals surface area contributed by atoms with E-state index < -0.39 is 30.2 Å². The lowest BCUT2D eigenvalue weighted by atomic mass is 10.2. The van der Waals surface area contributed by atoms with E-state index in [9.17, 15) is 22.8 Å².